The molecule has 0 unspecified atom stereocenters. The minimum atomic E-state index is -0.721. The van der Waals surface area contributed by atoms with Crippen LogP contribution in [0, 0.1) is 5.82 Å². The number of benzene rings is 1. The third-order valence-corrected chi connectivity index (χ3v) is 2.71. The Bertz CT molecular complexity index is 686. The van der Waals surface area contributed by atoms with Crippen LogP contribution in [0.2, 0.25) is 5.02 Å². The molecular formula is C12H11ClFNO3. The normalized spacial score (nSPS) is 10.6. The average molecular weight is 272 g/mol. The maximum atomic E-state index is 13.2. The molecule has 0 aliphatic carbocycles. The molecule has 1 aromatic heterocycles. The summed E-state index contributed by atoms with van der Waals surface area (Å²) in [5, 5.41) is -0.0269. The molecule has 6 heteroatoms. The molecule has 0 radical (unpaired) electrons. The predicted octanol–water partition coefficient (Wildman–Crippen LogP) is 2.74. The van der Waals surface area contributed by atoms with E-state index in [9.17, 15) is 14.0 Å². The topological polar surface area (TPSA) is 59.2 Å². The second-order valence-corrected chi connectivity index (χ2v) is 3.97. The molecule has 1 aromatic carbocycles. The summed E-state index contributed by atoms with van der Waals surface area (Å²) in [5.74, 6) is -1.36. The number of hydrogen-bond donors (Lipinski definition) is 1. The van der Waals surface area contributed by atoms with Crippen molar-refractivity contribution >= 4 is 28.5 Å². The Morgan fingerprint density at radius 3 is 2.94 bits per heavy atom. The Hall–Kier alpha value is -1.88. The lowest BCUT2D eigenvalue weighted by molar-refractivity contribution is 0.0524. The van der Waals surface area contributed by atoms with Gasteiger partial charge in [0.2, 0.25) is 5.43 Å². The van der Waals surface area contributed by atoms with E-state index in [0.717, 1.165) is 6.07 Å². The number of rotatable bonds is 2. The monoisotopic (exact) mass is 271 g/mol. The van der Waals surface area contributed by atoms with Gasteiger partial charge in [-0.15, -0.1) is 0 Å². The highest BCUT2D eigenvalue weighted by Crippen LogP contribution is 2.19. The molecule has 1 heterocycles. The maximum absolute atomic E-state index is 13.2. The average Bonchev–Trinajstić information content (AvgIpc) is 2.32. The number of nitrogens with one attached hydrogen (secondary N) is 1. The zero-order valence-electron chi connectivity index (χ0n) is 9.42. The number of aromatic amines is 1. The first-order valence-corrected chi connectivity index (χ1v) is 5.60. The molecule has 0 saturated heterocycles. The van der Waals surface area contributed by atoms with Crippen LogP contribution in [-0.2, 0) is 4.74 Å². The number of fused-ring (bicyclic) bond motifs is 1. The zero-order chi connectivity index (χ0) is 13.3. The first-order valence-electron chi connectivity index (χ1n) is 5.22. The van der Waals surface area contributed by atoms with Crippen LogP contribution < -0.4 is 5.43 Å². The number of esters is 1. The summed E-state index contributed by atoms with van der Waals surface area (Å²) in [4.78, 5) is 26.2. The van der Waals surface area contributed by atoms with Gasteiger partial charge >= 0.3 is 5.97 Å². The molecule has 96 valence electrons. The quantitative estimate of drug-likeness (QED) is 0.855. The number of carbonyl (C=O) groups excluding carboxylic acids is 1. The molecule has 0 amide bonds. The fraction of sp³-hybridized carbons (Fsp3) is 0.167. The lowest BCUT2D eigenvalue weighted by atomic mass is 10.1. The summed E-state index contributed by atoms with van der Waals surface area (Å²) >= 11 is 5.61. The van der Waals surface area contributed by atoms with Crippen molar-refractivity contribution in [3.63, 3.8) is 0 Å². The van der Waals surface area contributed by atoms with Gasteiger partial charge in [-0.2, -0.15) is 0 Å². The smallest absolute Gasteiger partial charge is 0.343 e. The standard InChI is InChI=1S/C12H9ClFNO3.H2/c1-2-18-12(17)7-5-15-10-4-9(14)8(13)3-6(10)11(7)16;/h3-5H,2H2,1H3,(H,15,16);1H. The Morgan fingerprint density at radius 1 is 1.56 bits per heavy atom. The van der Waals surface area contributed by atoms with Crippen LogP contribution in [0.25, 0.3) is 10.9 Å². The third kappa shape index (κ3) is 2.09. The molecule has 2 aromatic rings. The van der Waals surface area contributed by atoms with Crippen molar-refractivity contribution in [2.45, 2.75) is 6.92 Å². The maximum Gasteiger partial charge on any atom is 0.343 e. The van der Waals surface area contributed by atoms with Gasteiger partial charge in [0.1, 0.15) is 11.4 Å². The van der Waals surface area contributed by atoms with Crippen molar-refractivity contribution in [3.05, 3.63) is 45.0 Å². The number of pyridine rings is 1. The van der Waals surface area contributed by atoms with Crippen LogP contribution >= 0.6 is 11.6 Å². The summed E-state index contributed by atoms with van der Waals surface area (Å²) in [7, 11) is 0. The lowest BCUT2D eigenvalue weighted by Gasteiger charge is -2.04. The summed E-state index contributed by atoms with van der Waals surface area (Å²) in [5.41, 5.74) is -0.397. The van der Waals surface area contributed by atoms with Gasteiger partial charge in [-0.25, -0.2) is 9.18 Å². The van der Waals surface area contributed by atoms with Gasteiger partial charge in [0.25, 0.3) is 0 Å². The van der Waals surface area contributed by atoms with Crippen molar-refractivity contribution < 1.29 is 15.3 Å². The van der Waals surface area contributed by atoms with Gasteiger partial charge in [0, 0.05) is 13.0 Å². The van der Waals surface area contributed by atoms with Crippen LogP contribution in [0.3, 0.4) is 0 Å². The molecule has 0 atom stereocenters. The highest BCUT2D eigenvalue weighted by Gasteiger charge is 2.15. The van der Waals surface area contributed by atoms with E-state index >= 15 is 0 Å². The predicted molar refractivity (Wildman–Crippen MR) is 67.6 cm³/mol. The van der Waals surface area contributed by atoms with Gasteiger partial charge in [0.15, 0.2) is 0 Å². The molecule has 18 heavy (non-hydrogen) atoms. The lowest BCUT2D eigenvalue weighted by Crippen LogP contribution is -2.18. The number of hydrogen-bond acceptors (Lipinski definition) is 3. The van der Waals surface area contributed by atoms with Crippen molar-refractivity contribution in [3.8, 4) is 0 Å². The number of ether oxygens (including phenoxy) is 1. The second-order valence-electron chi connectivity index (χ2n) is 3.56. The van der Waals surface area contributed by atoms with Crippen molar-refractivity contribution in [1.29, 1.82) is 0 Å². The molecular weight excluding hydrogens is 261 g/mol. The molecule has 0 bridgehead atoms. The molecule has 2 rings (SSSR count). The van der Waals surface area contributed by atoms with Gasteiger partial charge in [-0.3, -0.25) is 4.79 Å². The fourth-order valence-electron chi connectivity index (χ4n) is 1.58. The number of carbonyl (C=O) groups is 1. The number of H-pyrrole nitrogens is 1. The first-order chi connectivity index (χ1) is 8.54. The van der Waals surface area contributed by atoms with E-state index < -0.39 is 17.2 Å². The van der Waals surface area contributed by atoms with E-state index in [1.807, 2.05) is 0 Å². The Kier molecular flexibility index (Phi) is 3.34. The van der Waals surface area contributed by atoms with Gasteiger partial charge < -0.3 is 9.72 Å². The Balaban J connectivity index is 0.00000180. The molecule has 0 spiro atoms. The van der Waals surface area contributed by atoms with Gasteiger partial charge in [0.05, 0.1) is 17.1 Å². The van der Waals surface area contributed by atoms with Crippen LogP contribution in [0.5, 0.6) is 0 Å². The van der Waals surface area contributed by atoms with Crippen molar-refractivity contribution in [2.24, 2.45) is 0 Å². The van der Waals surface area contributed by atoms with Crippen molar-refractivity contribution in [2.75, 3.05) is 6.61 Å². The summed E-state index contributed by atoms with van der Waals surface area (Å²) < 4.78 is 18.0. The van der Waals surface area contributed by atoms with Gasteiger partial charge in [-0.05, 0) is 19.1 Å². The summed E-state index contributed by atoms with van der Waals surface area (Å²) in [6, 6.07) is 2.29. The third-order valence-electron chi connectivity index (χ3n) is 2.42. The van der Waals surface area contributed by atoms with Gasteiger partial charge in [-0.1, -0.05) is 11.6 Å². The highest BCUT2D eigenvalue weighted by molar-refractivity contribution is 6.31. The van der Waals surface area contributed by atoms with Crippen LogP contribution in [0.4, 0.5) is 4.39 Å². The van der Waals surface area contributed by atoms with Crippen LogP contribution in [0.1, 0.15) is 18.7 Å². The summed E-state index contributed by atoms with van der Waals surface area (Å²) in [6.07, 6.45) is 1.20. The van der Waals surface area contributed by atoms with Crippen LogP contribution in [-0.4, -0.2) is 17.6 Å². The van der Waals surface area contributed by atoms with E-state index in [1.54, 1.807) is 6.92 Å². The number of aromatic nitrogens is 1. The van der Waals surface area contributed by atoms with E-state index in [0.29, 0.717) is 0 Å². The largest absolute Gasteiger partial charge is 0.462 e. The van der Waals surface area contributed by atoms with Crippen molar-refractivity contribution in [1.82, 2.24) is 4.98 Å². The fourth-order valence-corrected chi connectivity index (χ4v) is 1.74. The SMILES string of the molecule is CCOC(=O)c1c[nH]c2cc(F)c(Cl)cc2c1=O.[HH]. The molecule has 0 aliphatic heterocycles. The van der Waals surface area contributed by atoms with Crippen LogP contribution in [0.15, 0.2) is 23.1 Å². The van der Waals surface area contributed by atoms with E-state index in [1.165, 1.54) is 12.3 Å². The molecule has 4 nitrogen and oxygen atoms in total. The molecule has 0 saturated carbocycles. The Morgan fingerprint density at radius 2 is 2.28 bits per heavy atom. The zero-order valence-corrected chi connectivity index (χ0v) is 10.2. The van der Waals surface area contributed by atoms with E-state index in [4.69, 9.17) is 16.3 Å². The summed E-state index contributed by atoms with van der Waals surface area (Å²) in [6.45, 7) is 1.81. The number of halogens is 2. The second kappa shape index (κ2) is 4.78. The minimum Gasteiger partial charge on any atom is -0.462 e. The van der Waals surface area contributed by atoms with E-state index in [-0.39, 0.29) is 29.5 Å². The molecule has 0 fully saturated rings. The minimum absolute atomic E-state index is 0. The highest BCUT2D eigenvalue weighted by atomic mass is 35.5. The Labute approximate surface area is 108 Å². The first kappa shape index (κ1) is 12.6. The molecule has 1 N–H and O–H groups in total. The molecule has 0 aliphatic rings. The van der Waals surface area contributed by atoms with E-state index in [2.05, 4.69) is 4.98 Å².